The van der Waals surface area contributed by atoms with E-state index in [9.17, 15) is 0 Å². The maximum atomic E-state index is 9.10. The molecule has 0 amide bonds. The Morgan fingerprint density at radius 1 is 0.523 bits per heavy atom. The normalized spacial score (nSPS) is 14.8. The van der Waals surface area contributed by atoms with E-state index in [2.05, 4.69) is 293 Å². The van der Waals surface area contributed by atoms with E-state index in [0.29, 0.717) is 12.0 Å². The zero-order valence-electron chi connectivity index (χ0n) is 52.1. The van der Waals surface area contributed by atoms with E-state index in [-0.39, 0.29) is 18.3 Å². The topological polar surface area (TPSA) is 93.1 Å². The SMILES string of the molecule is CC(C)(O)C(C)(C)O.CCC1(COCCCCCCOCc2ccc(Br)cc2)COC1.Ic1ccc(N(c2ccc(I)cc2)c2ccc(I)cc2)cc1.[B]c1ccc(N(c2ccc(CCCC)cc2)c2ccc(B3OC(C)(C)C(C)(C)O3)cc2)cc1. The van der Waals surface area contributed by atoms with E-state index in [1.807, 2.05) is 12.1 Å². The highest BCUT2D eigenvalue weighted by molar-refractivity contribution is 14.1. The summed E-state index contributed by atoms with van der Waals surface area (Å²) in [5, 5.41) is 18.2. The number of ether oxygens (including phenoxy) is 3. The fourth-order valence-electron chi connectivity index (χ4n) is 8.84. The summed E-state index contributed by atoms with van der Waals surface area (Å²) < 4.78 is 34.1. The van der Waals surface area contributed by atoms with Crippen molar-refractivity contribution in [1.29, 1.82) is 0 Å². The predicted molar refractivity (Wildman–Crippen MR) is 389 cm³/mol. The van der Waals surface area contributed by atoms with Crippen molar-refractivity contribution in [2.45, 2.75) is 150 Å². The number of hydrogen-bond acceptors (Lipinski definition) is 9. The van der Waals surface area contributed by atoms with Gasteiger partial charge >= 0.3 is 7.12 Å². The average molecular weight is 1560 g/mol. The molecule has 2 N–H and O–H groups in total. The number of hydrogen-bond donors (Lipinski definition) is 2. The molecule has 2 aliphatic heterocycles. The maximum absolute atomic E-state index is 9.10. The molecule has 0 aromatic heterocycles. The molecule has 7 aromatic carbocycles. The van der Waals surface area contributed by atoms with Crippen LogP contribution in [0.2, 0.25) is 0 Å². The Morgan fingerprint density at radius 3 is 1.27 bits per heavy atom. The van der Waals surface area contributed by atoms with E-state index >= 15 is 0 Å². The van der Waals surface area contributed by atoms with Crippen LogP contribution < -0.4 is 20.7 Å². The molecule has 2 heterocycles. The summed E-state index contributed by atoms with van der Waals surface area (Å²) in [6, 6.07) is 59.4. The van der Waals surface area contributed by atoms with Gasteiger partial charge in [-0.15, -0.1) is 0 Å². The summed E-state index contributed by atoms with van der Waals surface area (Å²) in [6.07, 6.45) is 9.39. The molecule has 0 aliphatic carbocycles. The zero-order valence-corrected chi connectivity index (χ0v) is 60.1. The molecular weight excluding hydrogens is 1480 g/mol. The second kappa shape index (κ2) is 34.2. The molecule has 9 nitrogen and oxygen atoms in total. The predicted octanol–water partition coefficient (Wildman–Crippen LogP) is 18.1. The molecule has 0 saturated carbocycles. The number of rotatable bonds is 23. The van der Waals surface area contributed by atoms with Gasteiger partial charge in [0.05, 0.1) is 48.8 Å². The fourth-order valence-corrected chi connectivity index (χ4v) is 10.2. The van der Waals surface area contributed by atoms with E-state index in [4.69, 9.17) is 41.6 Å². The molecule has 0 unspecified atom stereocenters. The Bertz CT molecular complexity index is 2920. The first-order valence-corrected chi connectivity index (χ1v) is 34.0. The molecule has 15 heteroatoms. The molecule has 2 fully saturated rings. The van der Waals surface area contributed by atoms with E-state index in [1.54, 1.807) is 27.7 Å². The molecule has 0 spiro atoms. The quantitative estimate of drug-likeness (QED) is 0.0369. The van der Waals surface area contributed by atoms with Crippen LogP contribution in [0.3, 0.4) is 0 Å². The van der Waals surface area contributed by atoms with Crippen molar-refractivity contribution in [2.75, 3.05) is 42.8 Å². The third-order valence-electron chi connectivity index (χ3n) is 16.1. The number of unbranched alkanes of at least 4 members (excludes halogenated alkanes) is 4. The first-order valence-electron chi connectivity index (χ1n) is 30.0. The molecule has 86 heavy (non-hydrogen) atoms. The lowest BCUT2D eigenvalue weighted by molar-refractivity contribution is -0.150. The number of anilines is 6. The lowest BCUT2D eigenvalue weighted by Crippen LogP contribution is -2.45. The highest BCUT2D eigenvalue weighted by Gasteiger charge is 2.51. The van der Waals surface area contributed by atoms with Gasteiger partial charge in [-0.2, -0.15) is 0 Å². The maximum Gasteiger partial charge on any atom is 0.494 e. The largest absolute Gasteiger partial charge is 0.494 e. The minimum atomic E-state index is -1.01. The van der Waals surface area contributed by atoms with Gasteiger partial charge in [0.25, 0.3) is 0 Å². The summed E-state index contributed by atoms with van der Waals surface area (Å²) >= 11 is 10.5. The van der Waals surface area contributed by atoms with Gasteiger partial charge in [0.2, 0.25) is 0 Å². The highest BCUT2D eigenvalue weighted by Crippen LogP contribution is 2.39. The molecule has 2 aliphatic rings. The van der Waals surface area contributed by atoms with Gasteiger partial charge in [-0.1, -0.05) is 103 Å². The van der Waals surface area contributed by atoms with Gasteiger partial charge in [0, 0.05) is 67.9 Å². The monoisotopic (exact) mass is 1560 g/mol. The van der Waals surface area contributed by atoms with Crippen molar-refractivity contribution in [3.05, 3.63) is 196 Å². The van der Waals surface area contributed by atoms with Crippen molar-refractivity contribution >= 4 is 144 Å². The van der Waals surface area contributed by atoms with E-state index in [1.165, 1.54) is 64.6 Å². The van der Waals surface area contributed by atoms with Crippen molar-refractivity contribution in [3.8, 4) is 0 Å². The summed E-state index contributed by atoms with van der Waals surface area (Å²) in [4.78, 5) is 4.53. The molecular formula is C71H88B2BrI3N2O7. The summed E-state index contributed by atoms with van der Waals surface area (Å²) in [7, 11) is 5.59. The van der Waals surface area contributed by atoms with Gasteiger partial charge in [-0.25, -0.2) is 0 Å². The smallest absolute Gasteiger partial charge is 0.399 e. The summed E-state index contributed by atoms with van der Waals surface area (Å²) in [6.45, 7) is 24.1. The van der Waals surface area contributed by atoms with Crippen LogP contribution in [0, 0.1) is 16.1 Å². The number of nitrogens with zero attached hydrogens (tertiary/aromatic N) is 2. The highest BCUT2D eigenvalue weighted by atomic mass is 127. The van der Waals surface area contributed by atoms with Crippen LogP contribution in [-0.2, 0) is 36.5 Å². The molecule has 2 saturated heterocycles. The number of aliphatic hydroxyl groups is 2. The minimum absolute atomic E-state index is 0.320. The lowest BCUT2D eigenvalue weighted by Gasteiger charge is -2.40. The molecule has 9 rings (SSSR count). The van der Waals surface area contributed by atoms with E-state index in [0.717, 1.165) is 91.2 Å². The van der Waals surface area contributed by atoms with Crippen LogP contribution in [0.1, 0.15) is 125 Å². The van der Waals surface area contributed by atoms with Gasteiger partial charge in [0.15, 0.2) is 0 Å². The Balaban J connectivity index is 0.000000198. The van der Waals surface area contributed by atoms with Crippen LogP contribution in [-0.4, -0.2) is 80.6 Å². The number of benzene rings is 7. The first kappa shape index (κ1) is 71.7. The van der Waals surface area contributed by atoms with Crippen molar-refractivity contribution in [3.63, 3.8) is 0 Å². The van der Waals surface area contributed by atoms with Crippen LogP contribution in [0.15, 0.2) is 174 Å². The van der Waals surface area contributed by atoms with E-state index < -0.39 is 11.2 Å². The van der Waals surface area contributed by atoms with Gasteiger partial charge < -0.3 is 43.5 Å². The van der Waals surface area contributed by atoms with Crippen LogP contribution in [0.5, 0.6) is 0 Å². The van der Waals surface area contributed by atoms with Crippen LogP contribution in [0.25, 0.3) is 0 Å². The third-order valence-corrected chi connectivity index (χ3v) is 18.8. The van der Waals surface area contributed by atoms with Crippen molar-refractivity contribution in [1.82, 2.24) is 0 Å². The molecule has 0 atom stereocenters. The molecule has 0 bridgehead atoms. The standard InChI is InChI=1S/C28H33B2NO2.C19H29BrO3.C18H12I3N.C6H14O2/c1-6-7-8-21-9-15-24(16-10-21)31(25-17-11-22(29)12-18-25)26-19-13-23(14-20-26)30-32-27(2,3)28(4,5)33-30;1-2-19(15-23-16-19)14-22-12-6-4-3-5-11-21-13-17-7-9-18(20)10-8-17;19-13-1-7-16(8-2-13)22(17-9-3-14(20)4-10-17)18-11-5-15(21)6-12-18;1-5(2,7)6(3,4)8/h9-20H,6-8H2,1-5H3;7-10H,2-6,11-16H2,1H3;1-12H;7-8H,1-4H3. The minimum Gasteiger partial charge on any atom is -0.399 e. The zero-order chi connectivity index (χ0) is 62.5. The second-order valence-electron chi connectivity index (χ2n) is 24.3. The van der Waals surface area contributed by atoms with Crippen molar-refractivity contribution < 1.29 is 33.7 Å². The van der Waals surface area contributed by atoms with Gasteiger partial charge in [-0.3, -0.25) is 0 Å². The van der Waals surface area contributed by atoms with Crippen LogP contribution in [0.4, 0.5) is 34.1 Å². The van der Waals surface area contributed by atoms with Crippen LogP contribution >= 0.6 is 83.7 Å². The summed E-state index contributed by atoms with van der Waals surface area (Å²) in [5.41, 5.74) is 8.72. The molecule has 458 valence electrons. The first-order chi connectivity index (χ1) is 40.8. The molecule has 7 aromatic rings. The Morgan fingerprint density at radius 2 is 0.895 bits per heavy atom. The number of halogens is 4. The lowest BCUT2D eigenvalue weighted by atomic mass is 9.79. The Labute approximate surface area is 566 Å². The Hall–Kier alpha value is -3.34. The van der Waals surface area contributed by atoms with Gasteiger partial charge in [0.1, 0.15) is 7.85 Å². The number of aryl methyl sites for hydroxylation is 1. The van der Waals surface area contributed by atoms with Crippen molar-refractivity contribution in [2.24, 2.45) is 5.41 Å². The fraction of sp³-hybridized carbons (Fsp3) is 0.408. The summed E-state index contributed by atoms with van der Waals surface area (Å²) in [5.74, 6) is 0. The molecule has 2 radical (unpaired) electrons. The third kappa shape index (κ3) is 22.3. The second-order valence-corrected chi connectivity index (χ2v) is 28.9. The van der Waals surface area contributed by atoms with Gasteiger partial charge in [-0.05, 0) is 293 Å². The Kier molecular flexibility index (Phi) is 28.5. The average Bonchev–Trinajstić information content (AvgIpc) is 1.90.